The molecule has 0 saturated heterocycles. The zero-order valence-corrected chi connectivity index (χ0v) is 11.0. The van der Waals surface area contributed by atoms with Gasteiger partial charge in [0.1, 0.15) is 12.3 Å². The highest BCUT2D eigenvalue weighted by atomic mass is 16.4. The van der Waals surface area contributed by atoms with Crippen molar-refractivity contribution in [3.05, 3.63) is 23.7 Å². The molecule has 1 heterocycles. The van der Waals surface area contributed by atoms with E-state index in [-0.39, 0.29) is 24.3 Å². The number of carboxylic acids is 1. The summed E-state index contributed by atoms with van der Waals surface area (Å²) in [5, 5.41) is 8.85. The Kier molecular flexibility index (Phi) is 4.95. The molecule has 0 aliphatic rings. The Balaban J connectivity index is 2.90. The summed E-state index contributed by atoms with van der Waals surface area (Å²) in [5.41, 5.74) is 0. The fraction of sp³-hybridized carbons (Fsp3) is 0.538. The zero-order valence-electron chi connectivity index (χ0n) is 11.0. The minimum atomic E-state index is -1.02. The number of nitrogens with zero attached hydrogens (tertiary/aromatic N) is 1. The van der Waals surface area contributed by atoms with E-state index in [2.05, 4.69) is 0 Å². The van der Waals surface area contributed by atoms with E-state index in [4.69, 9.17) is 9.52 Å². The van der Waals surface area contributed by atoms with Crippen molar-refractivity contribution in [2.75, 3.05) is 6.54 Å². The highest BCUT2D eigenvalue weighted by Gasteiger charge is 2.25. The molecule has 0 bridgehead atoms. The molecule has 1 aromatic heterocycles. The van der Waals surface area contributed by atoms with Gasteiger partial charge in [0.15, 0.2) is 5.76 Å². The molecule has 1 amide bonds. The molecule has 0 radical (unpaired) electrons. The van der Waals surface area contributed by atoms with Crippen LogP contribution in [0.2, 0.25) is 0 Å². The van der Waals surface area contributed by atoms with Gasteiger partial charge in [-0.3, -0.25) is 9.59 Å². The first kappa shape index (κ1) is 14.3. The van der Waals surface area contributed by atoms with Crippen LogP contribution in [0.4, 0.5) is 0 Å². The summed E-state index contributed by atoms with van der Waals surface area (Å²) < 4.78 is 5.37. The van der Waals surface area contributed by atoms with Crippen LogP contribution in [0.15, 0.2) is 16.5 Å². The molecule has 0 spiro atoms. The van der Waals surface area contributed by atoms with Crippen molar-refractivity contribution in [1.82, 2.24) is 4.90 Å². The first-order valence-corrected chi connectivity index (χ1v) is 6.11. The number of aliphatic carboxylic acids is 1. The van der Waals surface area contributed by atoms with E-state index in [9.17, 15) is 9.59 Å². The van der Waals surface area contributed by atoms with Gasteiger partial charge in [-0.25, -0.2) is 0 Å². The number of carbonyl (C=O) groups excluding carboxylic acids is 1. The third-order valence-corrected chi connectivity index (χ3v) is 2.91. The van der Waals surface area contributed by atoms with Crippen LogP contribution < -0.4 is 0 Å². The Morgan fingerprint density at radius 1 is 1.39 bits per heavy atom. The van der Waals surface area contributed by atoms with Crippen LogP contribution in [0.25, 0.3) is 0 Å². The molecule has 5 nitrogen and oxygen atoms in total. The molecule has 0 aliphatic carbocycles. The minimum absolute atomic E-state index is 0.135. The number of hydrogen-bond acceptors (Lipinski definition) is 3. The van der Waals surface area contributed by atoms with Gasteiger partial charge in [0.25, 0.3) is 5.91 Å². The van der Waals surface area contributed by atoms with Crippen molar-refractivity contribution in [2.45, 2.75) is 39.7 Å². The molecule has 0 saturated carbocycles. The van der Waals surface area contributed by atoms with E-state index in [1.165, 1.54) is 4.90 Å². The zero-order chi connectivity index (χ0) is 13.7. The van der Waals surface area contributed by atoms with Gasteiger partial charge in [-0.05, 0) is 25.5 Å². The maximum absolute atomic E-state index is 12.2. The van der Waals surface area contributed by atoms with Crippen LogP contribution in [0.1, 0.15) is 43.5 Å². The van der Waals surface area contributed by atoms with Crippen LogP contribution in [0.5, 0.6) is 0 Å². The van der Waals surface area contributed by atoms with Crippen LogP contribution in [-0.4, -0.2) is 34.5 Å². The fourth-order valence-electron chi connectivity index (χ4n) is 1.62. The van der Waals surface area contributed by atoms with E-state index < -0.39 is 5.97 Å². The predicted molar refractivity (Wildman–Crippen MR) is 66.5 cm³/mol. The van der Waals surface area contributed by atoms with Crippen LogP contribution in [0, 0.1) is 0 Å². The summed E-state index contributed by atoms with van der Waals surface area (Å²) in [7, 11) is 0. The van der Waals surface area contributed by atoms with Gasteiger partial charge in [0, 0.05) is 12.5 Å². The number of amides is 1. The number of hydrogen-bond donors (Lipinski definition) is 1. The largest absolute Gasteiger partial charge is 0.480 e. The van der Waals surface area contributed by atoms with Crippen molar-refractivity contribution >= 4 is 11.9 Å². The van der Waals surface area contributed by atoms with Gasteiger partial charge >= 0.3 is 5.97 Å². The summed E-state index contributed by atoms with van der Waals surface area (Å²) in [6.45, 7) is 5.35. The van der Waals surface area contributed by atoms with Crippen molar-refractivity contribution in [3.8, 4) is 0 Å². The fourth-order valence-corrected chi connectivity index (χ4v) is 1.62. The third-order valence-electron chi connectivity index (χ3n) is 2.91. The number of rotatable bonds is 6. The monoisotopic (exact) mass is 253 g/mol. The second-order valence-electron chi connectivity index (χ2n) is 4.20. The summed E-state index contributed by atoms with van der Waals surface area (Å²) >= 11 is 0. The summed E-state index contributed by atoms with van der Waals surface area (Å²) in [5.74, 6) is -0.469. The number of carboxylic acid groups (broad SMARTS) is 1. The first-order valence-electron chi connectivity index (χ1n) is 6.11. The maximum atomic E-state index is 12.2. The first-order chi connectivity index (χ1) is 8.49. The maximum Gasteiger partial charge on any atom is 0.323 e. The van der Waals surface area contributed by atoms with Crippen molar-refractivity contribution in [1.29, 1.82) is 0 Å². The molecule has 1 rings (SSSR count). The summed E-state index contributed by atoms with van der Waals surface area (Å²) in [6.07, 6.45) is 1.40. The lowest BCUT2D eigenvalue weighted by molar-refractivity contribution is -0.138. The normalized spacial score (nSPS) is 12.2. The van der Waals surface area contributed by atoms with E-state index in [0.29, 0.717) is 12.8 Å². The van der Waals surface area contributed by atoms with Gasteiger partial charge in [0.2, 0.25) is 0 Å². The van der Waals surface area contributed by atoms with Crippen LogP contribution >= 0.6 is 0 Å². The second kappa shape index (κ2) is 6.23. The van der Waals surface area contributed by atoms with Gasteiger partial charge < -0.3 is 14.4 Å². The second-order valence-corrected chi connectivity index (χ2v) is 4.20. The lowest BCUT2D eigenvalue weighted by atomic mass is 10.2. The Labute approximate surface area is 106 Å². The van der Waals surface area contributed by atoms with Crippen LogP contribution in [-0.2, 0) is 11.2 Å². The molecular formula is C13H19NO4. The standard InChI is InChI=1S/C13H19NO4/c1-4-9(3)14(8-12(15)16)13(17)11-7-6-10(5-2)18-11/h6-7,9H,4-5,8H2,1-3H3,(H,15,16). The lowest BCUT2D eigenvalue weighted by Crippen LogP contribution is -2.41. The highest BCUT2D eigenvalue weighted by molar-refractivity contribution is 5.93. The topological polar surface area (TPSA) is 70.8 Å². The number of aryl methyl sites for hydroxylation is 1. The van der Waals surface area contributed by atoms with E-state index >= 15 is 0 Å². The lowest BCUT2D eigenvalue weighted by Gasteiger charge is -2.25. The van der Waals surface area contributed by atoms with E-state index in [1.54, 1.807) is 12.1 Å². The van der Waals surface area contributed by atoms with Crippen molar-refractivity contribution in [2.24, 2.45) is 0 Å². The molecule has 1 atom stereocenters. The number of carbonyl (C=O) groups is 2. The van der Waals surface area contributed by atoms with Gasteiger partial charge in [-0.15, -0.1) is 0 Å². The molecule has 0 fully saturated rings. The Morgan fingerprint density at radius 2 is 2.06 bits per heavy atom. The molecule has 0 aromatic carbocycles. The van der Waals surface area contributed by atoms with Crippen molar-refractivity contribution in [3.63, 3.8) is 0 Å². The molecule has 1 N–H and O–H groups in total. The molecule has 5 heteroatoms. The predicted octanol–water partition coefficient (Wildman–Crippen LogP) is 2.17. The molecule has 1 aromatic rings. The highest BCUT2D eigenvalue weighted by Crippen LogP contribution is 2.14. The summed E-state index contributed by atoms with van der Waals surface area (Å²) in [6, 6.07) is 3.20. The van der Waals surface area contributed by atoms with Gasteiger partial charge in [-0.2, -0.15) is 0 Å². The Bertz CT molecular complexity index is 424. The average Bonchev–Trinajstić information content (AvgIpc) is 2.82. The molecular weight excluding hydrogens is 234 g/mol. The van der Waals surface area contributed by atoms with Crippen LogP contribution in [0.3, 0.4) is 0 Å². The number of furan rings is 1. The minimum Gasteiger partial charge on any atom is -0.480 e. The van der Waals surface area contributed by atoms with E-state index in [0.717, 1.165) is 5.76 Å². The average molecular weight is 253 g/mol. The third kappa shape index (κ3) is 3.35. The van der Waals surface area contributed by atoms with Gasteiger partial charge in [-0.1, -0.05) is 13.8 Å². The SMILES string of the molecule is CCc1ccc(C(=O)N(CC(=O)O)C(C)CC)o1. The molecule has 18 heavy (non-hydrogen) atoms. The molecule has 0 aliphatic heterocycles. The smallest absolute Gasteiger partial charge is 0.323 e. The molecule has 1 unspecified atom stereocenters. The summed E-state index contributed by atoms with van der Waals surface area (Å²) in [4.78, 5) is 24.3. The Morgan fingerprint density at radius 3 is 2.50 bits per heavy atom. The molecule has 100 valence electrons. The van der Waals surface area contributed by atoms with Crippen molar-refractivity contribution < 1.29 is 19.1 Å². The quantitative estimate of drug-likeness (QED) is 0.843. The van der Waals surface area contributed by atoms with E-state index in [1.807, 2.05) is 20.8 Å². The Hall–Kier alpha value is -1.78. The van der Waals surface area contributed by atoms with Gasteiger partial charge in [0.05, 0.1) is 0 Å².